The van der Waals surface area contributed by atoms with Gasteiger partial charge in [0, 0.05) is 57.3 Å². The van der Waals surface area contributed by atoms with E-state index in [1.165, 1.54) is 96.0 Å². The van der Waals surface area contributed by atoms with Crippen molar-refractivity contribution >= 4 is 80.1 Å². The van der Waals surface area contributed by atoms with Crippen LogP contribution in [0.5, 0.6) is 0 Å². The summed E-state index contributed by atoms with van der Waals surface area (Å²) in [5, 5.41) is 5.24. The average Bonchev–Trinajstić information content (AvgIpc) is 3.94. The fraction of sp³-hybridized carbons (Fsp3) is 0. The van der Waals surface area contributed by atoms with Gasteiger partial charge in [-0.05, 0) is 98.6 Å². The maximum absolute atomic E-state index is 2.47. The van der Waals surface area contributed by atoms with Crippen molar-refractivity contribution in [3.05, 3.63) is 237 Å². The Morgan fingerprint density at radius 2 is 0.810 bits per heavy atom. The molecule has 12 rings (SSSR count). The van der Waals surface area contributed by atoms with E-state index in [0.717, 1.165) is 17.1 Å². The zero-order valence-corrected chi connectivity index (χ0v) is 35.9. The van der Waals surface area contributed by atoms with Gasteiger partial charge in [0.2, 0.25) is 0 Å². The van der Waals surface area contributed by atoms with Crippen LogP contribution in [-0.2, 0) is 0 Å². The minimum absolute atomic E-state index is 1.09. The maximum atomic E-state index is 2.47. The first-order valence-corrected chi connectivity index (χ1v) is 23.0. The zero-order valence-electron chi connectivity index (χ0n) is 34.3. The number of nitrogens with zero attached hydrogens (tertiary/aromatic N) is 1. The molecule has 0 radical (unpaired) electrons. The second-order valence-electron chi connectivity index (χ2n) is 16.0. The predicted octanol–water partition coefficient (Wildman–Crippen LogP) is 18.2. The van der Waals surface area contributed by atoms with Gasteiger partial charge in [-0.15, -0.1) is 22.7 Å². The Morgan fingerprint density at radius 3 is 1.60 bits per heavy atom. The van der Waals surface area contributed by atoms with Crippen molar-refractivity contribution in [1.29, 1.82) is 0 Å². The monoisotopic (exact) mass is 837 g/mol. The summed E-state index contributed by atoms with van der Waals surface area (Å²) in [5.41, 5.74) is 15.3. The summed E-state index contributed by atoms with van der Waals surface area (Å²) < 4.78 is 5.24. The van der Waals surface area contributed by atoms with Gasteiger partial charge in [-0.2, -0.15) is 0 Å². The molecule has 2 heterocycles. The SMILES string of the molecule is c1ccc(-c2ccccc2-c2c(-c3ccccc3)cccc2N(c2ccc(-c3cccc4sc5ccccc5c34)cc2)c2cccc(-c3cccc4c3sc3ccccc34)c2)cc1. The van der Waals surface area contributed by atoms with Crippen LogP contribution in [0, 0.1) is 0 Å². The molecule has 0 saturated heterocycles. The van der Waals surface area contributed by atoms with E-state index < -0.39 is 0 Å². The molecule has 0 unspecified atom stereocenters. The van der Waals surface area contributed by atoms with Gasteiger partial charge in [-0.3, -0.25) is 0 Å². The predicted molar refractivity (Wildman–Crippen MR) is 274 cm³/mol. The van der Waals surface area contributed by atoms with E-state index in [9.17, 15) is 0 Å². The zero-order chi connectivity index (χ0) is 41.7. The summed E-state index contributed by atoms with van der Waals surface area (Å²) in [6.07, 6.45) is 0. The quantitative estimate of drug-likeness (QED) is 0.147. The Hall–Kier alpha value is -7.56. The largest absolute Gasteiger partial charge is 0.310 e. The van der Waals surface area contributed by atoms with Crippen LogP contribution in [0.2, 0.25) is 0 Å². The van der Waals surface area contributed by atoms with Gasteiger partial charge in [0.1, 0.15) is 0 Å². The molecule has 2 aromatic heterocycles. The Balaban J connectivity index is 1.10. The molecule has 0 amide bonds. The Labute approximate surface area is 375 Å². The molecule has 0 atom stereocenters. The van der Waals surface area contributed by atoms with E-state index in [1.54, 1.807) is 0 Å². The summed E-state index contributed by atoms with van der Waals surface area (Å²) in [7, 11) is 0. The molecule has 0 bridgehead atoms. The lowest BCUT2D eigenvalue weighted by Crippen LogP contribution is -2.12. The smallest absolute Gasteiger partial charge is 0.0546 e. The molecule has 1 nitrogen and oxygen atoms in total. The van der Waals surface area contributed by atoms with E-state index in [-0.39, 0.29) is 0 Å². The number of fused-ring (bicyclic) bond motifs is 6. The van der Waals surface area contributed by atoms with Gasteiger partial charge in [0.15, 0.2) is 0 Å². The molecule has 296 valence electrons. The highest BCUT2D eigenvalue weighted by Crippen LogP contribution is 2.50. The minimum atomic E-state index is 1.09. The number of thiophene rings is 2. The normalized spacial score (nSPS) is 11.5. The number of benzene rings is 10. The van der Waals surface area contributed by atoms with E-state index in [0.29, 0.717) is 0 Å². The van der Waals surface area contributed by atoms with Crippen LogP contribution < -0.4 is 4.90 Å². The van der Waals surface area contributed by atoms with E-state index in [1.807, 2.05) is 22.7 Å². The Kier molecular flexibility index (Phi) is 9.29. The molecule has 0 fully saturated rings. The molecule has 63 heavy (non-hydrogen) atoms. The van der Waals surface area contributed by atoms with E-state index in [2.05, 4.69) is 241 Å². The second kappa shape index (κ2) is 15.7. The summed E-state index contributed by atoms with van der Waals surface area (Å²) in [6.45, 7) is 0. The van der Waals surface area contributed by atoms with Crippen LogP contribution >= 0.6 is 22.7 Å². The molecule has 10 aromatic carbocycles. The molecular formula is C60H39NS2. The minimum Gasteiger partial charge on any atom is -0.310 e. The molecule has 0 aliphatic heterocycles. The van der Waals surface area contributed by atoms with Crippen molar-refractivity contribution in [2.24, 2.45) is 0 Å². The molecular weight excluding hydrogens is 799 g/mol. The van der Waals surface area contributed by atoms with Gasteiger partial charge in [0.25, 0.3) is 0 Å². The van der Waals surface area contributed by atoms with E-state index in [4.69, 9.17) is 0 Å². The molecule has 12 aromatic rings. The Bertz CT molecular complexity index is 3620. The van der Waals surface area contributed by atoms with Gasteiger partial charge in [-0.1, -0.05) is 188 Å². The summed E-state index contributed by atoms with van der Waals surface area (Å²) in [5.74, 6) is 0. The second-order valence-corrected chi connectivity index (χ2v) is 18.1. The van der Waals surface area contributed by atoms with Crippen LogP contribution in [0.1, 0.15) is 0 Å². The van der Waals surface area contributed by atoms with Crippen LogP contribution in [-0.4, -0.2) is 0 Å². The lowest BCUT2D eigenvalue weighted by Gasteiger charge is -2.30. The highest BCUT2D eigenvalue weighted by atomic mass is 32.1. The maximum Gasteiger partial charge on any atom is 0.0546 e. The lowest BCUT2D eigenvalue weighted by molar-refractivity contribution is 1.28. The average molecular weight is 838 g/mol. The van der Waals surface area contributed by atoms with Crippen molar-refractivity contribution < 1.29 is 0 Å². The third kappa shape index (κ3) is 6.53. The number of hydrogen-bond donors (Lipinski definition) is 0. The van der Waals surface area contributed by atoms with Gasteiger partial charge in [-0.25, -0.2) is 0 Å². The molecule has 0 aliphatic rings. The third-order valence-corrected chi connectivity index (χ3v) is 14.7. The number of hydrogen-bond acceptors (Lipinski definition) is 3. The van der Waals surface area contributed by atoms with Crippen molar-refractivity contribution in [2.45, 2.75) is 0 Å². The third-order valence-electron chi connectivity index (χ3n) is 12.3. The van der Waals surface area contributed by atoms with Crippen molar-refractivity contribution in [2.75, 3.05) is 4.90 Å². The van der Waals surface area contributed by atoms with Crippen LogP contribution in [0.3, 0.4) is 0 Å². The highest BCUT2D eigenvalue weighted by molar-refractivity contribution is 7.26. The summed E-state index contributed by atoms with van der Waals surface area (Å²) in [6, 6.07) is 86.7. The number of rotatable bonds is 8. The fourth-order valence-corrected chi connectivity index (χ4v) is 11.8. The standard InChI is InChI=1S/C60H39NS2/c1-3-17-40(18-4-1)46-23-7-8-25-51(46)58-47(41-19-5-2-6-20-41)27-15-31-54(58)61(44-37-35-42(36-38-44)48-28-16-34-57-59(48)53-26-10-12-33-56(53)62-57)45-22-13-21-43(39-45)49-29-14-30-52-50-24-9-11-32-55(50)63-60(49)52/h1-39H. The topological polar surface area (TPSA) is 3.24 Å². The first-order valence-electron chi connectivity index (χ1n) is 21.4. The highest BCUT2D eigenvalue weighted by Gasteiger charge is 2.24. The summed E-state index contributed by atoms with van der Waals surface area (Å²) in [4.78, 5) is 2.47. The number of anilines is 3. The molecule has 3 heteroatoms. The van der Waals surface area contributed by atoms with Gasteiger partial charge < -0.3 is 4.90 Å². The first kappa shape index (κ1) is 37.2. The van der Waals surface area contributed by atoms with Crippen LogP contribution in [0.15, 0.2) is 237 Å². The Morgan fingerprint density at radius 1 is 0.286 bits per heavy atom. The molecule has 0 spiro atoms. The fourth-order valence-electron chi connectivity index (χ4n) is 9.46. The molecule has 0 N–H and O–H groups in total. The van der Waals surface area contributed by atoms with Crippen molar-refractivity contribution in [3.8, 4) is 55.6 Å². The molecule has 0 aliphatic carbocycles. The van der Waals surface area contributed by atoms with Crippen molar-refractivity contribution in [1.82, 2.24) is 0 Å². The van der Waals surface area contributed by atoms with Crippen LogP contribution in [0.25, 0.3) is 96.0 Å². The van der Waals surface area contributed by atoms with Gasteiger partial charge in [0.05, 0.1) is 5.69 Å². The van der Waals surface area contributed by atoms with Gasteiger partial charge >= 0.3 is 0 Å². The summed E-state index contributed by atoms with van der Waals surface area (Å²) >= 11 is 3.74. The molecule has 0 saturated carbocycles. The lowest BCUT2D eigenvalue weighted by atomic mass is 9.87. The first-order chi connectivity index (χ1) is 31.3. The van der Waals surface area contributed by atoms with E-state index >= 15 is 0 Å². The van der Waals surface area contributed by atoms with Crippen LogP contribution in [0.4, 0.5) is 17.1 Å². The van der Waals surface area contributed by atoms with Crippen molar-refractivity contribution in [3.63, 3.8) is 0 Å².